The maximum atomic E-state index is 3.92. The van der Waals surface area contributed by atoms with Crippen LogP contribution in [-0.2, 0) is 0 Å². The Morgan fingerprint density at radius 2 is 2.56 bits per heavy atom. The Kier molecular flexibility index (Phi) is 0.745. The Morgan fingerprint density at radius 1 is 1.56 bits per heavy atom. The molecule has 0 amide bonds. The molecule has 0 aliphatic heterocycles. The van der Waals surface area contributed by atoms with Gasteiger partial charge in [0.15, 0.2) is 11.8 Å². The van der Waals surface area contributed by atoms with E-state index in [1.165, 1.54) is 0 Å². The van der Waals surface area contributed by atoms with Crippen LogP contribution in [0.1, 0.15) is 0 Å². The van der Waals surface area contributed by atoms with Gasteiger partial charge in [-0.15, -0.1) is 5.10 Å². The molecule has 0 fully saturated rings. The number of hydrogen-bond donors (Lipinski definition) is 0. The zero-order chi connectivity index (χ0) is 6.10. The average molecular weight is 119 g/mol. The van der Waals surface area contributed by atoms with Gasteiger partial charge in [0.2, 0.25) is 0 Å². The summed E-state index contributed by atoms with van der Waals surface area (Å²) in [4.78, 5) is 3.92. The zero-order valence-electron chi connectivity index (χ0n) is 4.52. The third kappa shape index (κ3) is 0.561. The van der Waals surface area contributed by atoms with Gasteiger partial charge in [-0.05, 0) is 6.07 Å². The number of aromatic nitrogens is 4. The predicted molar refractivity (Wildman–Crippen MR) is 29.6 cm³/mol. The first-order valence-electron chi connectivity index (χ1n) is 2.50. The maximum Gasteiger partial charge on any atom is 0.185 e. The summed E-state index contributed by atoms with van der Waals surface area (Å²) >= 11 is 0. The number of fused-ring (bicyclic) bond motifs is 1. The van der Waals surface area contributed by atoms with Crippen LogP contribution in [0.25, 0.3) is 5.65 Å². The normalized spacial score (nSPS) is 10.2. The van der Waals surface area contributed by atoms with E-state index in [0.29, 0.717) is 5.65 Å². The molecule has 0 unspecified atom stereocenters. The minimum absolute atomic E-state index is 0.650. The van der Waals surface area contributed by atoms with E-state index in [-0.39, 0.29) is 0 Å². The van der Waals surface area contributed by atoms with E-state index >= 15 is 0 Å². The van der Waals surface area contributed by atoms with Crippen LogP contribution in [0, 0.1) is 6.20 Å². The first-order chi connectivity index (χ1) is 4.47. The van der Waals surface area contributed by atoms with Crippen LogP contribution < -0.4 is 0 Å². The summed E-state index contributed by atoms with van der Waals surface area (Å²) in [5.41, 5.74) is 0.650. The van der Waals surface area contributed by atoms with Crippen molar-refractivity contribution in [1.82, 2.24) is 19.8 Å². The fraction of sp³-hybridized carbons (Fsp3) is 0. The predicted octanol–water partition coefficient (Wildman–Crippen LogP) is -0.0755. The second-order valence-corrected chi connectivity index (χ2v) is 1.59. The maximum absolute atomic E-state index is 3.92. The molecule has 0 saturated heterocycles. The summed E-state index contributed by atoms with van der Waals surface area (Å²) in [6.45, 7) is 0. The molecule has 4 heteroatoms. The van der Waals surface area contributed by atoms with Crippen molar-refractivity contribution < 1.29 is 0 Å². The molecule has 0 spiro atoms. The minimum Gasteiger partial charge on any atom is -0.235 e. The summed E-state index contributed by atoms with van der Waals surface area (Å²) in [6.07, 6.45) is 6.06. The summed E-state index contributed by atoms with van der Waals surface area (Å²) in [7, 11) is 0. The summed E-state index contributed by atoms with van der Waals surface area (Å²) < 4.78 is 1.56. The van der Waals surface area contributed by atoms with E-state index in [4.69, 9.17) is 0 Å². The Hall–Kier alpha value is -1.45. The summed E-state index contributed by atoms with van der Waals surface area (Å²) in [5, 5.41) is 7.19. The van der Waals surface area contributed by atoms with Crippen molar-refractivity contribution in [2.75, 3.05) is 0 Å². The molecule has 9 heavy (non-hydrogen) atoms. The van der Waals surface area contributed by atoms with E-state index in [1.54, 1.807) is 23.0 Å². The second kappa shape index (κ2) is 1.51. The fourth-order valence-corrected chi connectivity index (χ4v) is 0.631. The lowest BCUT2D eigenvalue weighted by molar-refractivity contribution is 0.846. The highest BCUT2D eigenvalue weighted by atomic mass is 15.4. The van der Waals surface area contributed by atoms with Gasteiger partial charge < -0.3 is 0 Å². The van der Waals surface area contributed by atoms with Crippen LogP contribution in [0.4, 0.5) is 0 Å². The second-order valence-electron chi connectivity index (χ2n) is 1.59. The molecule has 2 aromatic rings. The van der Waals surface area contributed by atoms with Crippen LogP contribution in [-0.4, -0.2) is 19.8 Å². The monoisotopic (exact) mass is 119 g/mol. The van der Waals surface area contributed by atoms with Gasteiger partial charge in [0.25, 0.3) is 0 Å². The minimum atomic E-state index is 0.650. The van der Waals surface area contributed by atoms with E-state index in [0.717, 1.165) is 0 Å². The molecule has 0 aromatic carbocycles. The lowest BCUT2D eigenvalue weighted by Gasteiger charge is -1.83. The highest BCUT2D eigenvalue weighted by molar-refractivity contribution is 5.29. The van der Waals surface area contributed by atoms with Crippen molar-refractivity contribution in [3.63, 3.8) is 0 Å². The molecule has 2 heterocycles. The molecule has 0 saturated carbocycles. The highest BCUT2D eigenvalue weighted by Gasteiger charge is 1.89. The van der Waals surface area contributed by atoms with E-state index < -0.39 is 0 Å². The van der Waals surface area contributed by atoms with Gasteiger partial charge in [-0.1, -0.05) is 5.21 Å². The topological polar surface area (TPSA) is 43.1 Å². The van der Waals surface area contributed by atoms with Gasteiger partial charge >= 0.3 is 0 Å². The van der Waals surface area contributed by atoms with Gasteiger partial charge in [0.05, 0.1) is 0 Å². The molecular formula is C5H3N4. The zero-order valence-corrected chi connectivity index (χ0v) is 4.52. The van der Waals surface area contributed by atoms with Crippen LogP contribution in [0.3, 0.4) is 0 Å². The number of hydrogen-bond acceptors (Lipinski definition) is 3. The van der Waals surface area contributed by atoms with Crippen molar-refractivity contribution >= 4 is 5.65 Å². The Labute approximate surface area is 51.1 Å². The van der Waals surface area contributed by atoms with Crippen LogP contribution >= 0.6 is 0 Å². The fourth-order valence-electron chi connectivity index (χ4n) is 0.631. The summed E-state index contributed by atoms with van der Waals surface area (Å²) in [5.74, 6) is 0. The largest absolute Gasteiger partial charge is 0.235 e. The van der Waals surface area contributed by atoms with Crippen LogP contribution in [0.5, 0.6) is 0 Å². The van der Waals surface area contributed by atoms with Gasteiger partial charge in [-0.2, -0.15) is 0 Å². The van der Waals surface area contributed by atoms with Crippen molar-refractivity contribution in [3.05, 3.63) is 24.7 Å². The molecule has 0 bridgehead atoms. The third-order valence-electron chi connectivity index (χ3n) is 1.02. The van der Waals surface area contributed by atoms with Crippen LogP contribution in [0.2, 0.25) is 0 Å². The Balaban J connectivity index is 2.95. The molecule has 2 rings (SSSR count). The molecule has 1 radical (unpaired) electrons. The SMILES string of the molecule is [c]1nnn2cccnc12. The van der Waals surface area contributed by atoms with Crippen molar-refractivity contribution in [1.29, 1.82) is 0 Å². The Morgan fingerprint density at radius 3 is 3.44 bits per heavy atom. The molecule has 0 aliphatic rings. The van der Waals surface area contributed by atoms with Crippen molar-refractivity contribution in [2.45, 2.75) is 0 Å². The van der Waals surface area contributed by atoms with Crippen LogP contribution in [0.15, 0.2) is 18.5 Å². The third-order valence-corrected chi connectivity index (χ3v) is 1.02. The molecule has 0 N–H and O–H groups in total. The average Bonchev–Trinajstić information content (AvgIpc) is 2.33. The molecule has 0 atom stereocenters. The van der Waals surface area contributed by atoms with Crippen molar-refractivity contribution in [3.8, 4) is 0 Å². The lowest BCUT2D eigenvalue weighted by Crippen LogP contribution is -1.86. The number of nitrogens with zero attached hydrogens (tertiary/aromatic N) is 4. The molecule has 43 valence electrons. The van der Waals surface area contributed by atoms with E-state index in [2.05, 4.69) is 21.5 Å². The first kappa shape index (κ1) is 4.43. The van der Waals surface area contributed by atoms with Gasteiger partial charge in [0.1, 0.15) is 0 Å². The van der Waals surface area contributed by atoms with E-state index in [1.807, 2.05) is 0 Å². The van der Waals surface area contributed by atoms with Gasteiger partial charge in [-0.3, -0.25) is 0 Å². The highest BCUT2D eigenvalue weighted by Crippen LogP contribution is 1.89. The first-order valence-corrected chi connectivity index (χ1v) is 2.50. The number of rotatable bonds is 0. The summed E-state index contributed by atoms with van der Waals surface area (Å²) in [6, 6.07) is 1.79. The lowest BCUT2D eigenvalue weighted by atomic mass is 10.6. The quantitative estimate of drug-likeness (QED) is 0.487. The molecular weight excluding hydrogens is 116 g/mol. The van der Waals surface area contributed by atoms with Crippen molar-refractivity contribution in [2.24, 2.45) is 0 Å². The van der Waals surface area contributed by atoms with Gasteiger partial charge in [-0.25, -0.2) is 9.50 Å². The van der Waals surface area contributed by atoms with E-state index in [9.17, 15) is 0 Å². The smallest absolute Gasteiger partial charge is 0.185 e. The van der Waals surface area contributed by atoms with Gasteiger partial charge in [0, 0.05) is 12.4 Å². The molecule has 2 aromatic heterocycles. The molecule has 4 nitrogen and oxygen atoms in total. The standard InChI is InChI=1S/C5H3N4/c1-2-6-5-4-7-8-9(5)3-1/h1-3H. The molecule has 0 aliphatic carbocycles. The Bertz CT molecular complexity index is 283.